The van der Waals surface area contributed by atoms with Gasteiger partial charge in [0.1, 0.15) is 0 Å². The summed E-state index contributed by atoms with van der Waals surface area (Å²) in [5.41, 5.74) is 0. The number of halogens is 1. The lowest BCUT2D eigenvalue weighted by molar-refractivity contribution is -0.121. The number of guanidine groups is 1. The summed E-state index contributed by atoms with van der Waals surface area (Å²) in [6.45, 7) is 14.3. The predicted octanol–water partition coefficient (Wildman–Crippen LogP) is 2.34. The molecule has 1 aliphatic carbocycles. The van der Waals surface area contributed by atoms with Gasteiger partial charge in [-0.15, -0.1) is 24.0 Å². The van der Waals surface area contributed by atoms with Gasteiger partial charge in [0.25, 0.3) is 0 Å². The third kappa shape index (κ3) is 11.6. The van der Waals surface area contributed by atoms with Crippen LogP contribution >= 0.6 is 24.0 Å². The smallest absolute Gasteiger partial charge is 0.220 e. The first kappa shape index (κ1) is 24.4. The minimum Gasteiger partial charge on any atom is -0.357 e. The Morgan fingerprint density at radius 1 is 1.16 bits per heavy atom. The molecule has 1 amide bonds. The molecule has 25 heavy (non-hydrogen) atoms. The second kappa shape index (κ2) is 13.6. The number of aliphatic imine (C=N–C) groups is 1. The molecule has 0 aliphatic heterocycles. The Morgan fingerprint density at radius 2 is 1.80 bits per heavy atom. The van der Waals surface area contributed by atoms with Crippen molar-refractivity contribution in [3.63, 3.8) is 0 Å². The number of nitrogens with one attached hydrogen (secondary N) is 3. The van der Waals surface area contributed by atoms with Crippen LogP contribution in [-0.2, 0) is 4.79 Å². The summed E-state index contributed by atoms with van der Waals surface area (Å²) in [5, 5.41) is 9.66. The van der Waals surface area contributed by atoms with E-state index in [1.807, 2.05) is 0 Å². The van der Waals surface area contributed by atoms with E-state index in [-0.39, 0.29) is 29.9 Å². The van der Waals surface area contributed by atoms with Crippen molar-refractivity contribution in [2.24, 2.45) is 4.99 Å². The zero-order valence-corrected chi connectivity index (χ0v) is 18.9. The van der Waals surface area contributed by atoms with Crippen molar-refractivity contribution in [3.05, 3.63) is 0 Å². The Morgan fingerprint density at radius 3 is 2.32 bits per heavy atom. The number of carbonyl (C=O) groups excluding carboxylic acids is 1. The van der Waals surface area contributed by atoms with Gasteiger partial charge < -0.3 is 16.0 Å². The molecule has 6 nitrogen and oxygen atoms in total. The van der Waals surface area contributed by atoms with Gasteiger partial charge in [0.05, 0.1) is 0 Å². The molecule has 1 rings (SSSR count). The van der Waals surface area contributed by atoms with Crippen LogP contribution in [0.3, 0.4) is 0 Å². The molecule has 0 radical (unpaired) electrons. The van der Waals surface area contributed by atoms with Crippen molar-refractivity contribution in [1.29, 1.82) is 0 Å². The third-order valence-corrected chi connectivity index (χ3v) is 4.11. The van der Waals surface area contributed by atoms with E-state index < -0.39 is 0 Å². The number of nitrogens with zero attached hydrogens (tertiary/aromatic N) is 2. The summed E-state index contributed by atoms with van der Waals surface area (Å²) in [6.07, 6.45) is 3.64. The number of hydrogen-bond donors (Lipinski definition) is 3. The lowest BCUT2D eigenvalue weighted by atomic mass is 10.2. The van der Waals surface area contributed by atoms with Crippen LogP contribution in [0.1, 0.15) is 60.3 Å². The van der Waals surface area contributed by atoms with Gasteiger partial charge in [0.15, 0.2) is 5.96 Å². The van der Waals surface area contributed by atoms with Crippen LogP contribution in [0.15, 0.2) is 4.99 Å². The molecule has 0 bridgehead atoms. The minimum absolute atomic E-state index is 0. The Balaban J connectivity index is 0.00000576. The molecular formula is C18H38IN5O. The molecule has 1 fully saturated rings. The lowest BCUT2D eigenvalue weighted by Gasteiger charge is -2.30. The molecule has 0 aromatic rings. The molecule has 7 heteroatoms. The monoisotopic (exact) mass is 467 g/mol. The number of amides is 1. The van der Waals surface area contributed by atoms with Crippen LogP contribution in [0.25, 0.3) is 0 Å². The molecule has 0 aromatic carbocycles. The average Bonchev–Trinajstić information content (AvgIpc) is 3.30. The first-order valence-electron chi connectivity index (χ1n) is 9.51. The van der Waals surface area contributed by atoms with Gasteiger partial charge in [-0.25, -0.2) is 0 Å². The number of hydrogen-bond acceptors (Lipinski definition) is 3. The molecule has 0 saturated heterocycles. The van der Waals surface area contributed by atoms with E-state index in [1.165, 1.54) is 0 Å². The summed E-state index contributed by atoms with van der Waals surface area (Å²) < 4.78 is 0. The molecular weight excluding hydrogens is 429 g/mol. The zero-order valence-electron chi connectivity index (χ0n) is 16.6. The molecule has 0 spiro atoms. The van der Waals surface area contributed by atoms with Crippen LogP contribution in [-0.4, -0.2) is 61.1 Å². The van der Waals surface area contributed by atoms with Crippen molar-refractivity contribution in [1.82, 2.24) is 20.9 Å². The van der Waals surface area contributed by atoms with Gasteiger partial charge in [-0.05, 0) is 53.9 Å². The van der Waals surface area contributed by atoms with Gasteiger partial charge in [-0.3, -0.25) is 14.7 Å². The van der Waals surface area contributed by atoms with Crippen molar-refractivity contribution >= 4 is 35.8 Å². The van der Waals surface area contributed by atoms with Crippen LogP contribution in [0, 0.1) is 0 Å². The maximum Gasteiger partial charge on any atom is 0.220 e. The van der Waals surface area contributed by atoms with E-state index in [4.69, 9.17) is 0 Å². The van der Waals surface area contributed by atoms with E-state index in [9.17, 15) is 4.79 Å². The quantitative estimate of drug-likeness (QED) is 0.189. The van der Waals surface area contributed by atoms with E-state index in [0.29, 0.717) is 31.1 Å². The Labute approximate surface area is 171 Å². The molecule has 0 atom stereocenters. The molecule has 0 unspecified atom stereocenters. The maximum absolute atomic E-state index is 11.6. The van der Waals surface area contributed by atoms with Crippen LogP contribution in [0.2, 0.25) is 0 Å². The fourth-order valence-corrected chi connectivity index (χ4v) is 2.72. The third-order valence-electron chi connectivity index (χ3n) is 4.11. The van der Waals surface area contributed by atoms with E-state index in [0.717, 1.165) is 44.9 Å². The number of carbonyl (C=O) groups is 1. The van der Waals surface area contributed by atoms with Crippen LogP contribution in [0.4, 0.5) is 0 Å². The van der Waals surface area contributed by atoms with E-state index in [1.54, 1.807) is 0 Å². The van der Waals surface area contributed by atoms with Crippen molar-refractivity contribution in [2.75, 3.05) is 26.2 Å². The van der Waals surface area contributed by atoms with Gasteiger partial charge in [-0.2, -0.15) is 0 Å². The van der Waals surface area contributed by atoms with Gasteiger partial charge >= 0.3 is 0 Å². The molecule has 148 valence electrons. The SMILES string of the molecule is CCNC(=NCCCC(=O)NC1CC1)NCCN(C(C)C)C(C)C.I. The van der Waals surface area contributed by atoms with Crippen molar-refractivity contribution in [3.8, 4) is 0 Å². The fourth-order valence-electron chi connectivity index (χ4n) is 2.72. The first-order valence-corrected chi connectivity index (χ1v) is 9.51. The maximum atomic E-state index is 11.6. The zero-order chi connectivity index (χ0) is 17.9. The highest BCUT2D eigenvalue weighted by Gasteiger charge is 2.22. The van der Waals surface area contributed by atoms with Crippen LogP contribution < -0.4 is 16.0 Å². The largest absolute Gasteiger partial charge is 0.357 e. The van der Waals surface area contributed by atoms with Crippen LogP contribution in [0.5, 0.6) is 0 Å². The van der Waals surface area contributed by atoms with Gasteiger partial charge in [0, 0.05) is 50.7 Å². The van der Waals surface area contributed by atoms with Gasteiger partial charge in [-0.1, -0.05) is 0 Å². The highest BCUT2D eigenvalue weighted by Crippen LogP contribution is 2.18. The summed E-state index contributed by atoms with van der Waals surface area (Å²) >= 11 is 0. The van der Waals surface area contributed by atoms with Crippen molar-refractivity contribution in [2.45, 2.75) is 78.4 Å². The summed E-state index contributed by atoms with van der Waals surface area (Å²) in [6, 6.07) is 1.53. The normalized spacial score (nSPS) is 14.6. The second-order valence-electron chi connectivity index (χ2n) is 7.06. The predicted molar refractivity (Wildman–Crippen MR) is 117 cm³/mol. The summed E-state index contributed by atoms with van der Waals surface area (Å²) in [7, 11) is 0. The van der Waals surface area contributed by atoms with Crippen molar-refractivity contribution < 1.29 is 4.79 Å². The molecule has 1 aliphatic rings. The highest BCUT2D eigenvalue weighted by molar-refractivity contribution is 14.0. The first-order chi connectivity index (χ1) is 11.4. The highest BCUT2D eigenvalue weighted by atomic mass is 127. The number of rotatable bonds is 11. The topological polar surface area (TPSA) is 68.8 Å². The Hall–Kier alpha value is -0.570. The molecule has 0 aromatic heterocycles. The molecule has 0 heterocycles. The van der Waals surface area contributed by atoms with Gasteiger partial charge in [0.2, 0.25) is 5.91 Å². The molecule has 1 saturated carbocycles. The average molecular weight is 467 g/mol. The fraction of sp³-hybridized carbons (Fsp3) is 0.889. The lowest BCUT2D eigenvalue weighted by Crippen LogP contribution is -2.45. The summed E-state index contributed by atoms with van der Waals surface area (Å²) in [5.74, 6) is 1.00. The van der Waals surface area contributed by atoms with E-state index >= 15 is 0 Å². The van der Waals surface area contributed by atoms with E-state index in [2.05, 4.69) is 60.5 Å². The Bertz CT molecular complexity index is 389. The Kier molecular flexibility index (Phi) is 13.3. The standard InChI is InChI=1S/C18H37N5O.HI/c1-6-19-18(21-12-13-23(14(2)3)15(4)5)20-11-7-8-17(24)22-16-9-10-16;/h14-16H,6-13H2,1-5H3,(H,22,24)(H2,19,20,21);1H. The summed E-state index contributed by atoms with van der Waals surface area (Å²) in [4.78, 5) is 18.7. The second-order valence-corrected chi connectivity index (χ2v) is 7.06. The minimum atomic E-state index is 0. The molecule has 3 N–H and O–H groups in total.